The SMILES string of the molecule is N#Cc1ccc(F)c(COc2ccc(Cl)cc2Cl)c1. The lowest BCUT2D eigenvalue weighted by Gasteiger charge is -2.09. The van der Waals surface area contributed by atoms with Crippen LogP contribution in [0.2, 0.25) is 10.0 Å². The van der Waals surface area contributed by atoms with Gasteiger partial charge in [0.15, 0.2) is 0 Å². The molecule has 0 radical (unpaired) electrons. The number of nitrogens with zero attached hydrogens (tertiary/aromatic N) is 1. The van der Waals surface area contributed by atoms with Gasteiger partial charge in [-0.05, 0) is 36.4 Å². The molecule has 0 saturated carbocycles. The smallest absolute Gasteiger partial charge is 0.138 e. The van der Waals surface area contributed by atoms with Crippen LogP contribution in [0.25, 0.3) is 0 Å². The van der Waals surface area contributed by atoms with E-state index in [0.717, 1.165) is 0 Å². The molecule has 0 saturated heterocycles. The summed E-state index contributed by atoms with van der Waals surface area (Å²) in [6, 6.07) is 10.8. The molecule has 0 amide bonds. The molecule has 0 heterocycles. The van der Waals surface area contributed by atoms with E-state index >= 15 is 0 Å². The molecule has 0 aliphatic carbocycles. The normalized spacial score (nSPS) is 10.0. The first-order valence-electron chi connectivity index (χ1n) is 5.36. The Hall–Kier alpha value is -1.76. The molecule has 2 aromatic rings. The van der Waals surface area contributed by atoms with Crippen molar-refractivity contribution in [1.82, 2.24) is 0 Å². The van der Waals surface area contributed by atoms with Crippen molar-refractivity contribution < 1.29 is 9.13 Å². The summed E-state index contributed by atoms with van der Waals surface area (Å²) in [6.45, 7) is -0.0112. The van der Waals surface area contributed by atoms with E-state index < -0.39 is 5.82 Å². The van der Waals surface area contributed by atoms with E-state index in [2.05, 4.69) is 0 Å². The quantitative estimate of drug-likeness (QED) is 0.830. The van der Waals surface area contributed by atoms with Gasteiger partial charge in [-0.25, -0.2) is 4.39 Å². The van der Waals surface area contributed by atoms with Gasteiger partial charge in [-0.1, -0.05) is 23.2 Å². The highest BCUT2D eigenvalue weighted by Gasteiger charge is 2.07. The average molecular weight is 296 g/mol. The standard InChI is InChI=1S/C14H8Cl2FNO/c15-11-2-4-14(12(16)6-11)19-8-10-5-9(7-18)1-3-13(10)17/h1-6H,8H2. The van der Waals surface area contributed by atoms with Gasteiger partial charge in [0.25, 0.3) is 0 Å². The summed E-state index contributed by atoms with van der Waals surface area (Å²) >= 11 is 11.7. The third kappa shape index (κ3) is 3.37. The predicted molar refractivity (Wildman–Crippen MR) is 71.9 cm³/mol. The summed E-state index contributed by atoms with van der Waals surface area (Å²) in [5, 5.41) is 9.61. The van der Waals surface area contributed by atoms with Crippen LogP contribution in [0.5, 0.6) is 5.75 Å². The molecule has 19 heavy (non-hydrogen) atoms. The summed E-state index contributed by atoms with van der Waals surface area (Å²) in [7, 11) is 0. The van der Waals surface area contributed by atoms with Gasteiger partial charge in [0.1, 0.15) is 18.2 Å². The maximum Gasteiger partial charge on any atom is 0.138 e. The van der Waals surface area contributed by atoms with Crippen molar-refractivity contribution in [2.75, 3.05) is 0 Å². The zero-order valence-corrected chi connectivity index (χ0v) is 11.2. The molecule has 2 aromatic carbocycles. The molecule has 0 aromatic heterocycles. The van der Waals surface area contributed by atoms with Gasteiger partial charge >= 0.3 is 0 Å². The summed E-state index contributed by atoms with van der Waals surface area (Å²) in [6.07, 6.45) is 0. The topological polar surface area (TPSA) is 33.0 Å². The highest BCUT2D eigenvalue weighted by Crippen LogP contribution is 2.28. The molecule has 0 unspecified atom stereocenters. The fourth-order valence-corrected chi connectivity index (χ4v) is 1.97. The van der Waals surface area contributed by atoms with Crippen LogP contribution in [-0.4, -0.2) is 0 Å². The van der Waals surface area contributed by atoms with Gasteiger partial charge < -0.3 is 4.74 Å². The Morgan fingerprint density at radius 2 is 1.95 bits per heavy atom. The summed E-state index contributed by atoms with van der Waals surface area (Å²) in [5.74, 6) is -0.0167. The number of rotatable bonds is 3. The molecule has 0 fully saturated rings. The first-order valence-corrected chi connectivity index (χ1v) is 6.12. The maximum atomic E-state index is 13.5. The van der Waals surface area contributed by atoms with Crippen molar-refractivity contribution in [3.05, 3.63) is 63.4 Å². The van der Waals surface area contributed by atoms with Crippen molar-refractivity contribution >= 4 is 23.2 Å². The minimum absolute atomic E-state index is 0.0112. The van der Waals surface area contributed by atoms with E-state index in [0.29, 0.717) is 26.9 Å². The average Bonchev–Trinajstić information content (AvgIpc) is 2.39. The van der Waals surface area contributed by atoms with Gasteiger partial charge in [-0.3, -0.25) is 0 Å². The van der Waals surface area contributed by atoms with Crippen LogP contribution in [-0.2, 0) is 6.61 Å². The predicted octanol–water partition coefficient (Wildman–Crippen LogP) is 4.58. The molecule has 0 bridgehead atoms. The number of nitriles is 1. The number of ether oxygens (including phenoxy) is 1. The molecule has 2 rings (SSSR count). The fourth-order valence-electron chi connectivity index (χ4n) is 1.50. The lowest BCUT2D eigenvalue weighted by molar-refractivity contribution is 0.300. The Labute approximate surface area is 119 Å². The van der Waals surface area contributed by atoms with Crippen LogP contribution in [0.15, 0.2) is 36.4 Å². The monoisotopic (exact) mass is 295 g/mol. The van der Waals surface area contributed by atoms with Crippen molar-refractivity contribution in [2.45, 2.75) is 6.61 Å². The van der Waals surface area contributed by atoms with Gasteiger partial charge in [-0.2, -0.15) is 5.26 Å². The molecular weight excluding hydrogens is 288 g/mol. The van der Waals surface area contributed by atoms with E-state index in [4.69, 9.17) is 33.2 Å². The molecule has 5 heteroatoms. The van der Waals surface area contributed by atoms with Crippen molar-refractivity contribution in [3.63, 3.8) is 0 Å². The van der Waals surface area contributed by atoms with Crippen molar-refractivity contribution in [2.24, 2.45) is 0 Å². The van der Waals surface area contributed by atoms with E-state index in [9.17, 15) is 4.39 Å². The molecule has 96 valence electrons. The van der Waals surface area contributed by atoms with Crippen LogP contribution in [0.1, 0.15) is 11.1 Å². The fraction of sp³-hybridized carbons (Fsp3) is 0.0714. The van der Waals surface area contributed by atoms with Crippen molar-refractivity contribution in [1.29, 1.82) is 5.26 Å². The Morgan fingerprint density at radius 3 is 2.63 bits per heavy atom. The van der Waals surface area contributed by atoms with Gasteiger partial charge in [-0.15, -0.1) is 0 Å². The lowest BCUT2D eigenvalue weighted by Crippen LogP contribution is -1.99. The second-order valence-electron chi connectivity index (χ2n) is 3.78. The van der Waals surface area contributed by atoms with E-state index in [1.54, 1.807) is 18.2 Å². The van der Waals surface area contributed by atoms with Crippen LogP contribution in [0, 0.1) is 17.1 Å². The minimum atomic E-state index is -0.427. The Balaban J connectivity index is 2.16. The number of halogens is 3. The maximum absolute atomic E-state index is 13.5. The second-order valence-corrected chi connectivity index (χ2v) is 4.63. The lowest BCUT2D eigenvalue weighted by atomic mass is 10.1. The highest BCUT2D eigenvalue weighted by molar-refractivity contribution is 6.35. The molecule has 0 N–H and O–H groups in total. The van der Waals surface area contributed by atoms with E-state index in [-0.39, 0.29) is 6.61 Å². The van der Waals surface area contributed by atoms with Crippen LogP contribution in [0.3, 0.4) is 0 Å². The Bertz CT molecular complexity index is 652. The Morgan fingerprint density at radius 1 is 1.16 bits per heavy atom. The van der Waals surface area contributed by atoms with Gasteiger partial charge in [0.05, 0.1) is 16.7 Å². The van der Waals surface area contributed by atoms with Crippen LogP contribution < -0.4 is 4.74 Å². The number of benzene rings is 2. The van der Waals surface area contributed by atoms with Gasteiger partial charge in [0.2, 0.25) is 0 Å². The molecule has 0 atom stereocenters. The first kappa shape index (κ1) is 13.7. The van der Waals surface area contributed by atoms with Crippen molar-refractivity contribution in [3.8, 4) is 11.8 Å². The van der Waals surface area contributed by atoms with Gasteiger partial charge in [0, 0.05) is 10.6 Å². The molecule has 0 aliphatic rings. The third-order valence-corrected chi connectivity index (χ3v) is 2.98. The largest absolute Gasteiger partial charge is 0.487 e. The second kappa shape index (κ2) is 5.92. The third-order valence-electron chi connectivity index (χ3n) is 2.45. The van der Waals surface area contributed by atoms with Crippen LogP contribution in [0.4, 0.5) is 4.39 Å². The van der Waals surface area contributed by atoms with Crippen LogP contribution >= 0.6 is 23.2 Å². The molecule has 0 spiro atoms. The molecular formula is C14H8Cl2FNO. The minimum Gasteiger partial charge on any atom is -0.487 e. The number of hydrogen-bond acceptors (Lipinski definition) is 2. The summed E-state index contributed by atoms with van der Waals surface area (Å²) in [4.78, 5) is 0. The number of hydrogen-bond donors (Lipinski definition) is 0. The zero-order valence-electron chi connectivity index (χ0n) is 9.66. The Kier molecular flexibility index (Phi) is 4.26. The molecule has 0 aliphatic heterocycles. The summed E-state index contributed by atoms with van der Waals surface area (Å²) in [5.41, 5.74) is 0.673. The summed E-state index contributed by atoms with van der Waals surface area (Å²) < 4.78 is 18.9. The zero-order chi connectivity index (χ0) is 13.8. The highest BCUT2D eigenvalue weighted by atomic mass is 35.5. The first-order chi connectivity index (χ1) is 9.10. The van der Waals surface area contributed by atoms with E-state index in [1.807, 2.05) is 6.07 Å². The van der Waals surface area contributed by atoms with E-state index in [1.165, 1.54) is 18.2 Å². The molecule has 2 nitrogen and oxygen atoms in total.